The van der Waals surface area contributed by atoms with Crippen molar-refractivity contribution in [2.75, 3.05) is 30.8 Å². The average molecular weight is 277 g/mol. The third-order valence-electron chi connectivity index (χ3n) is 2.66. The zero-order chi connectivity index (χ0) is 14.5. The molecule has 0 aliphatic carbocycles. The van der Waals surface area contributed by atoms with Gasteiger partial charge in [-0.25, -0.2) is 4.98 Å². The summed E-state index contributed by atoms with van der Waals surface area (Å²) in [5.74, 6) is 0.482. The third kappa shape index (κ3) is 4.94. The first-order valence-electron chi connectivity index (χ1n) is 5.98. The number of alkyl halides is 3. The minimum absolute atomic E-state index is 0.0562. The Balaban J connectivity index is 2.83. The number of anilines is 2. The van der Waals surface area contributed by atoms with Crippen LogP contribution < -0.4 is 10.6 Å². The van der Waals surface area contributed by atoms with E-state index in [0.717, 1.165) is 12.1 Å². The molecule has 0 spiro atoms. The molecule has 1 aromatic heterocycles. The van der Waals surface area contributed by atoms with Crippen molar-refractivity contribution in [2.24, 2.45) is 5.92 Å². The first-order valence-corrected chi connectivity index (χ1v) is 5.98. The Morgan fingerprint density at radius 3 is 2.47 bits per heavy atom. The normalized spacial score (nSPS) is 13.2. The van der Waals surface area contributed by atoms with Crippen LogP contribution in [0.5, 0.6) is 0 Å². The Morgan fingerprint density at radius 1 is 1.32 bits per heavy atom. The first-order chi connectivity index (χ1) is 8.86. The maximum atomic E-state index is 12.7. The van der Waals surface area contributed by atoms with E-state index in [1.165, 1.54) is 7.05 Å². The summed E-state index contributed by atoms with van der Waals surface area (Å²) in [6.45, 7) is 2.41. The summed E-state index contributed by atoms with van der Waals surface area (Å²) in [7, 11) is 1.51. The van der Waals surface area contributed by atoms with Gasteiger partial charge in [0.25, 0.3) is 0 Å². The summed E-state index contributed by atoms with van der Waals surface area (Å²) < 4.78 is 38.1. The summed E-state index contributed by atoms with van der Waals surface area (Å²) in [5.41, 5.74) is -0.746. The van der Waals surface area contributed by atoms with Crippen molar-refractivity contribution >= 4 is 11.6 Å². The minimum Gasteiger partial charge on any atom is -0.396 e. The van der Waals surface area contributed by atoms with Crippen molar-refractivity contribution in [1.82, 2.24) is 4.98 Å². The predicted octanol–water partition coefficient (Wildman–Crippen LogP) is 2.57. The van der Waals surface area contributed by atoms with E-state index in [9.17, 15) is 13.2 Å². The van der Waals surface area contributed by atoms with Crippen LogP contribution in [-0.2, 0) is 6.18 Å². The lowest BCUT2D eigenvalue weighted by atomic mass is 10.1. The van der Waals surface area contributed by atoms with Gasteiger partial charge in [0.1, 0.15) is 11.6 Å². The highest BCUT2D eigenvalue weighted by molar-refractivity contribution is 5.49. The number of aliphatic hydroxyl groups is 1. The van der Waals surface area contributed by atoms with Gasteiger partial charge in [0, 0.05) is 20.2 Å². The molecule has 19 heavy (non-hydrogen) atoms. The van der Waals surface area contributed by atoms with Gasteiger partial charge in [0.2, 0.25) is 0 Å². The lowest BCUT2D eigenvalue weighted by molar-refractivity contribution is -0.137. The maximum Gasteiger partial charge on any atom is 0.416 e. The molecular formula is C12H18F3N3O. The van der Waals surface area contributed by atoms with E-state index in [0.29, 0.717) is 13.0 Å². The molecule has 1 aromatic rings. The molecule has 0 amide bonds. The molecule has 1 unspecified atom stereocenters. The smallest absolute Gasteiger partial charge is 0.396 e. The van der Waals surface area contributed by atoms with Crippen molar-refractivity contribution in [3.8, 4) is 0 Å². The molecule has 1 atom stereocenters. The molecule has 0 fully saturated rings. The maximum absolute atomic E-state index is 12.7. The van der Waals surface area contributed by atoms with Crippen molar-refractivity contribution in [2.45, 2.75) is 19.5 Å². The van der Waals surface area contributed by atoms with Crippen LogP contribution in [0.3, 0.4) is 0 Å². The summed E-state index contributed by atoms with van der Waals surface area (Å²) in [6.07, 6.45) is -3.81. The van der Waals surface area contributed by atoms with E-state index < -0.39 is 11.7 Å². The minimum atomic E-state index is -4.40. The second kappa shape index (κ2) is 6.60. The Morgan fingerprint density at radius 2 is 1.95 bits per heavy atom. The first kappa shape index (κ1) is 15.6. The summed E-state index contributed by atoms with van der Waals surface area (Å²) in [6, 6.07) is 1.94. The molecule has 3 N–H and O–H groups in total. The van der Waals surface area contributed by atoms with Crippen molar-refractivity contribution in [3.05, 3.63) is 17.7 Å². The molecule has 0 aliphatic heterocycles. The number of hydrogen-bond acceptors (Lipinski definition) is 4. The lowest BCUT2D eigenvalue weighted by Gasteiger charge is -2.15. The van der Waals surface area contributed by atoms with E-state index in [2.05, 4.69) is 15.6 Å². The van der Waals surface area contributed by atoms with Crippen LogP contribution in [0.15, 0.2) is 12.1 Å². The number of halogens is 3. The SMILES string of the molecule is CNc1cc(C(F)(F)F)cc(NCC(C)CCO)n1. The number of pyridine rings is 1. The molecule has 1 rings (SSSR count). The summed E-state index contributed by atoms with van der Waals surface area (Å²) in [5, 5.41) is 14.2. The molecule has 4 nitrogen and oxygen atoms in total. The molecule has 0 aliphatic rings. The van der Waals surface area contributed by atoms with Crippen LogP contribution in [0.1, 0.15) is 18.9 Å². The van der Waals surface area contributed by atoms with Crippen LogP contribution in [0.2, 0.25) is 0 Å². The van der Waals surface area contributed by atoms with E-state index in [4.69, 9.17) is 5.11 Å². The van der Waals surface area contributed by atoms with Crippen molar-refractivity contribution < 1.29 is 18.3 Å². The molecule has 7 heteroatoms. The molecule has 108 valence electrons. The van der Waals surface area contributed by atoms with Crippen molar-refractivity contribution in [1.29, 1.82) is 0 Å². The second-order valence-corrected chi connectivity index (χ2v) is 4.37. The molecule has 0 radical (unpaired) electrons. The molecule has 0 saturated heterocycles. The number of hydrogen-bond donors (Lipinski definition) is 3. The van der Waals surface area contributed by atoms with Gasteiger partial charge < -0.3 is 15.7 Å². The number of nitrogens with one attached hydrogen (secondary N) is 2. The van der Waals surface area contributed by atoms with Gasteiger partial charge in [-0.2, -0.15) is 13.2 Å². The van der Waals surface area contributed by atoms with Crippen LogP contribution >= 0.6 is 0 Å². The van der Waals surface area contributed by atoms with Gasteiger partial charge in [-0.15, -0.1) is 0 Å². The highest BCUT2D eigenvalue weighted by atomic mass is 19.4. The van der Waals surface area contributed by atoms with Gasteiger partial charge >= 0.3 is 6.18 Å². The topological polar surface area (TPSA) is 57.2 Å². The van der Waals surface area contributed by atoms with Crippen LogP contribution in [-0.4, -0.2) is 30.3 Å². The van der Waals surface area contributed by atoms with Gasteiger partial charge in [-0.3, -0.25) is 0 Å². The fraction of sp³-hybridized carbons (Fsp3) is 0.583. The predicted molar refractivity (Wildman–Crippen MR) is 68.1 cm³/mol. The van der Waals surface area contributed by atoms with Gasteiger partial charge in [-0.05, 0) is 24.5 Å². The second-order valence-electron chi connectivity index (χ2n) is 4.37. The zero-order valence-electron chi connectivity index (χ0n) is 10.9. The fourth-order valence-corrected chi connectivity index (χ4v) is 1.51. The van der Waals surface area contributed by atoms with E-state index >= 15 is 0 Å². The van der Waals surface area contributed by atoms with E-state index in [1.54, 1.807) is 0 Å². The van der Waals surface area contributed by atoms with Gasteiger partial charge in [-0.1, -0.05) is 6.92 Å². The number of rotatable bonds is 6. The summed E-state index contributed by atoms with van der Waals surface area (Å²) >= 11 is 0. The third-order valence-corrected chi connectivity index (χ3v) is 2.66. The summed E-state index contributed by atoms with van der Waals surface area (Å²) in [4.78, 5) is 4.01. The molecule has 0 saturated carbocycles. The Kier molecular flexibility index (Phi) is 5.41. The molecular weight excluding hydrogens is 259 g/mol. The number of nitrogens with zero attached hydrogens (tertiary/aromatic N) is 1. The van der Waals surface area contributed by atoms with Crippen LogP contribution in [0.4, 0.5) is 24.8 Å². The monoisotopic (exact) mass is 277 g/mol. The van der Waals surface area contributed by atoms with E-state index in [-0.39, 0.29) is 24.2 Å². The fourth-order valence-electron chi connectivity index (χ4n) is 1.51. The quantitative estimate of drug-likeness (QED) is 0.748. The average Bonchev–Trinajstić information content (AvgIpc) is 2.35. The zero-order valence-corrected chi connectivity index (χ0v) is 10.9. The highest BCUT2D eigenvalue weighted by Crippen LogP contribution is 2.31. The molecule has 0 aromatic carbocycles. The Bertz CT molecular complexity index is 410. The standard InChI is InChI=1S/C12H18F3N3O/c1-8(3-4-19)7-17-11-6-9(12(13,14)15)5-10(16-2)18-11/h5-6,8,19H,3-4,7H2,1-2H3,(H2,16,17,18). The molecule has 1 heterocycles. The van der Waals surface area contributed by atoms with Gasteiger partial charge in [0.15, 0.2) is 0 Å². The largest absolute Gasteiger partial charge is 0.416 e. The van der Waals surface area contributed by atoms with Crippen molar-refractivity contribution in [3.63, 3.8) is 0 Å². The van der Waals surface area contributed by atoms with E-state index in [1.807, 2.05) is 6.92 Å². The number of aliphatic hydroxyl groups excluding tert-OH is 1. The Labute approximate surface area is 110 Å². The lowest BCUT2D eigenvalue weighted by Crippen LogP contribution is -2.15. The van der Waals surface area contributed by atoms with Crippen LogP contribution in [0, 0.1) is 5.92 Å². The van der Waals surface area contributed by atoms with Crippen LogP contribution in [0.25, 0.3) is 0 Å². The number of aromatic nitrogens is 1. The molecule has 0 bridgehead atoms. The van der Waals surface area contributed by atoms with Gasteiger partial charge in [0.05, 0.1) is 5.56 Å². The highest BCUT2D eigenvalue weighted by Gasteiger charge is 2.31. The Hall–Kier alpha value is -1.50.